The lowest BCUT2D eigenvalue weighted by Gasteiger charge is -1.94. The first-order valence-corrected chi connectivity index (χ1v) is 4.60. The van der Waals surface area contributed by atoms with Gasteiger partial charge in [0.05, 0.1) is 17.2 Å². The van der Waals surface area contributed by atoms with Gasteiger partial charge in [-0.05, 0) is 6.07 Å². The summed E-state index contributed by atoms with van der Waals surface area (Å²) in [6.45, 7) is 0. The number of imidazole rings is 1. The van der Waals surface area contributed by atoms with Gasteiger partial charge in [-0.3, -0.25) is 4.98 Å². The van der Waals surface area contributed by atoms with Gasteiger partial charge in [0.25, 0.3) is 0 Å². The molecule has 2 aromatic rings. The van der Waals surface area contributed by atoms with Gasteiger partial charge in [0.1, 0.15) is 6.33 Å². The minimum absolute atomic E-state index is 0.550. The molecule has 0 unspecified atom stereocenters. The Labute approximate surface area is 103 Å². The van der Waals surface area contributed by atoms with Crippen molar-refractivity contribution in [3.63, 3.8) is 0 Å². The number of carbonyl (C=O) groups is 2. The minimum Gasteiger partial charge on any atom is -0.475 e. The van der Waals surface area contributed by atoms with E-state index in [1.54, 1.807) is 18.5 Å². The van der Waals surface area contributed by atoms with Crippen molar-refractivity contribution in [3.05, 3.63) is 24.8 Å². The van der Waals surface area contributed by atoms with Crippen LogP contribution in [0.3, 0.4) is 0 Å². The molecule has 2 rings (SSSR count). The molecule has 0 aromatic carbocycles. The monoisotopic (exact) mass is 276 g/mol. The van der Waals surface area contributed by atoms with Crippen LogP contribution in [0.4, 0.5) is 18.0 Å². The molecule has 19 heavy (non-hydrogen) atoms. The van der Waals surface area contributed by atoms with Crippen LogP contribution in [-0.4, -0.2) is 37.8 Å². The lowest BCUT2D eigenvalue weighted by molar-refractivity contribution is -0.192. The van der Waals surface area contributed by atoms with E-state index in [0.29, 0.717) is 11.0 Å². The number of aliphatic carboxylic acids is 1. The number of halogens is 3. The zero-order chi connectivity index (χ0) is 14.6. The quantitative estimate of drug-likeness (QED) is 0.745. The molecule has 0 radical (unpaired) electrons. The van der Waals surface area contributed by atoms with E-state index in [2.05, 4.69) is 9.97 Å². The fourth-order valence-electron chi connectivity index (χ4n) is 1.03. The van der Waals surface area contributed by atoms with E-state index in [4.69, 9.17) is 15.6 Å². The van der Waals surface area contributed by atoms with Crippen molar-refractivity contribution < 1.29 is 27.9 Å². The van der Waals surface area contributed by atoms with Crippen LogP contribution in [0.5, 0.6) is 0 Å². The van der Waals surface area contributed by atoms with Gasteiger partial charge in [-0.25, -0.2) is 19.1 Å². The summed E-state index contributed by atoms with van der Waals surface area (Å²) in [7, 11) is 0. The van der Waals surface area contributed by atoms with Crippen LogP contribution in [0.1, 0.15) is 0 Å². The highest BCUT2D eigenvalue weighted by Crippen LogP contribution is 2.13. The van der Waals surface area contributed by atoms with E-state index >= 15 is 0 Å². The average Bonchev–Trinajstić information content (AvgIpc) is 2.72. The molecule has 2 heterocycles. The highest BCUT2D eigenvalue weighted by Gasteiger charge is 2.38. The molecule has 1 amide bonds. The van der Waals surface area contributed by atoms with E-state index in [1.165, 1.54) is 10.9 Å². The van der Waals surface area contributed by atoms with Crippen molar-refractivity contribution in [2.45, 2.75) is 6.18 Å². The van der Waals surface area contributed by atoms with Crippen molar-refractivity contribution in [2.24, 2.45) is 5.73 Å². The Bertz CT molecular complexity index is 608. The number of aromatic nitrogens is 3. The third-order valence-corrected chi connectivity index (χ3v) is 1.83. The second kappa shape index (κ2) is 5.33. The van der Waals surface area contributed by atoms with Crippen molar-refractivity contribution in [1.82, 2.24) is 14.5 Å². The van der Waals surface area contributed by atoms with Crippen LogP contribution >= 0.6 is 0 Å². The Morgan fingerprint density at radius 1 is 1.37 bits per heavy atom. The van der Waals surface area contributed by atoms with Crippen LogP contribution in [0.2, 0.25) is 0 Å². The van der Waals surface area contributed by atoms with Crippen molar-refractivity contribution in [3.8, 4) is 0 Å². The van der Waals surface area contributed by atoms with Crippen molar-refractivity contribution in [1.29, 1.82) is 0 Å². The summed E-state index contributed by atoms with van der Waals surface area (Å²) in [5.41, 5.74) is 6.42. The van der Waals surface area contributed by atoms with E-state index in [0.717, 1.165) is 0 Å². The van der Waals surface area contributed by atoms with Crippen LogP contribution in [-0.2, 0) is 4.79 Å². The number of alkyl halides is 3. The number of carbonyl (C=O) groups excluding carboxylic acids is 1. The molecule has 0 saturated carbocycles. The number of fused-ring (bicyclic) bond motifs is 1. The summed E-state index contributed by atoms with van der Waals surface area (Å²) in [5.74, 6) is -2.76. The van der Waals surface area contributed by atoms with Gasteiger partial charge >= 0.3 is 18.2 Å². The smallest absolute Gasteiger partial charge is 0.475 e. The molecule has 3 N–H and O–H groups in total. The van der Waals surface area contributed by atoms with Gasteiger partial charge in [-0.1, -0.05) is 0 Å². The summed E-state index contributed by atoms with van der Waals surface area (Å²) in [4.78, 5) is 27.5. The third kappa shape index (κ3) is 3.66. The first kappa shape index (κ1) is 14.4. The number of carboxylic acid groups (broad SMARTS) is 1. The van der Waals surface area contributed by atoms with E-state index in [9.17, 15) is 18.0 Å². The maximum atomic E-state index is 10.8. The molecule has 0 saturated heterocycles. The summed E-state index contributed by atoms with van der Waals surface area (Å²) in [6, 6.07) is 1.17. The lowest BCUT2D eigenvalue weighted by Crippen LogP contribution is -2.21. The fraction of sp³-hybridized carbons (Fsp3) is 0.111. The SMILES string of the molecule is NC(=O)n1cnc2ccncc21.O=C(O)C(F)(F)F. The summed E-state index contributed by atoms with van der Waals surface area (Å²) >= 11 is 0. The molecule has 0 fully saturated rings. The van der Waals surface area contributed by atoms with Gasteiger partial charge in [0, 0.05) is 6.20 Å². The topological polar surface area (TPSA) is 111 Å². The van der Waals surface area contributed by atoms with E-state index in [1.807, 2.05) is 0 Å². The number of rotatable bonds is 0. The largest absolute Gasteiger partial charge is 0.490 e. The van der Waals surface area contributed by atoms with Crippen molar-refractivity contribution >= 4 is 23.0 Å². The Hall–Kier alpha value is -2.65. The maximum absolute atomic E-state index is 10.8. The summed E-state index contributed by atoms with van der Waals surface area (Å²) < 4.78 is 33.0. The molecule has 7 nitrogen and oxygen atoms in total. The van der Waals surface area contributed by atoms with Gasteiger partial charge in [0.2, 0.25) is 0 Å². The molecular formula is C9H7F3N4O3. The van der Waals surface area contributed by atoms with Crippen molar-refractivity contribution in [2.75, 3.05) is 0 Å². The number of nitrogens with two attached hydrogens (primary N) is 1. The standard InChI is InChI=1S/C7H6N4O.C2HF3O2/c8-7(12)11-4-10-5-1-2-9-3-6(5)11;3-2(4,5)1(6)7/h1-4H,(H2,8,12);(H,6,7). The molecule has 10 heteroatoms. The number of nitrogens with zero attached hydrogens (tertiary/aromatic N) is 3. The molecule has 0 spiro atoms. The van der Waals surface area contributed by atoms with Crippen LogP contribution < -0.4 is 5.73 Å². The number of primary amides is 1. The Morgan fingerprint density at radius 3 is 2.42 bits per heavy atom. The van der Waals surface area contributed by atoms with Gasteiger partial charge < -0.3 is 10.8 Å². The number of pyridine rings is 1. The maximum Gasteiger partial charge on any atom is 0.490 e. The number of amides is 1. The second-order valence-electron chi connectivity index (χ2n) is 3.12. The molecule has 2 aromatic heterocycles. The van der Waals surface area contributed by atoms with E-state index in [-0.39, 0.29) is 0 Å². The highest BCUT2D eigenvalue weighted by molar-refractivity contribution is 5.87. The summed E-state index contributed by atoms with van der Waals surface area (Å²) in [6.07, 6.45) is -0.539. The summed E-state index contributed by atoms with van der Waals surface area (Å²) in [5, 5.41) is 7.12. The zero-order valence-corrected chi connectivity index (χ0v) is 9.13. The van der Waals surface area contributed by atoms with Crippen LogP contribution in [0, 0.1) is 0 Å². The van der Waals surface area contributed by atoms with Gasteiger partial charge in [-0.2, -0.15) is 13.2 Å². The number of hydrogen-bond donors (Lipinski definition) is 2. The first-order chi connectivity index (χ1) is 8.73. The van der Waals surface area contributed by atoms with Gasteiger partial charge in [-0.15, -0.1) is 0 Å². The van der Waals surface area contributed by atoms with Gasteiger partial charge in [0.15, 0.2) is 0 Å². The van der Waals surface area contributed by atoms with Crippen LogP contribution in [0.25, 0.3) is 11.0 Å². The number of carboxylic acids is 1. The van der Waals surface area contributed by atoms with Crippen LogP contribution in [0.15, 0.2) is 24.8 Å². The fourth-order valence-corrected chi connectivity index (χ4v) is 1.03. The first-order valence-electron chi connectivity index (χ1n) is 4.60. The highest BCUT2D eigenvalue weighted by atomic mass is 19.4. The Morgan fingerprint density at radius 2 is 1.95 bits per heavy atom. The Kier molecular flexibility index (Phi) is 4.04. The second-order valence-corrected chi connectivity index (χ2v) is 3.12. The molecule has 0 atom stereocenters. The molecule has 102 valence electrons. The average molecular weight is 276 g/mol. The lowest BCUT2D eigenvalue weighted by atomic mass is 10.4. The Balaban J connectivity index is 0.000000224. The number of hydrogen-bond acceptors (Lipinski definition) is 4. The molecule has 0 aliphatic carbocycles. The third-order valence-electron chi connectivity index (χ3n) is 1.83. The normalized spacial score (nSPS) is 10.7. The molecular weight excluding hydrogens is 269 g/mol. The molecule has 0 aliphatic heterocycles. The predicted molar refractivity (Wildman–Crippen MR) is 56.2 cm³/mol. The zero-order valence-electron chi connectivity index (χ0n) is 9.13. The predicted octanol–water partition coefficient (Wildman–Crippen LogP) is 0.991. The van der Waals surface area contributed by atoms with E-state index < -0.39 is 18.2 Å². The minimum atomic E-state index is -5.08. The molecule has 0 bridgehead atoms. The molecule has 0 aliphatic rings.